The smallest absolute Gasteiger partial charge is 0.330 e. The molecule has 74 valence electrons. The van der Waals surface area contributed by atoms with Gasteiger partial charge >= 0.3 is 6.18 Å². The van der Waals surface area contributed by atoms with Crippen LogP contribution in [0.3, 0.4) is 0 Å². The van der Waals surface area contributed by atoms with Gasteiger partial charge in [0.15, 0.2) is 0 Å². The van der Waals surface area contributed by atoms with Crippen molar-refractivity contribution in [2.24, 2.45) is 5.73 Å². The average Bonchev–Trinajstić information content (AvgIpc) is 2.34. The largest absolute Gasteiger partial charge is 0.408 e. The molecule has 0 bridgehead atoms. The Morgan fingerprint density at radius 2 is 2.15 bits per heavy atom. The van der Waals surface area contributed by atoms with Crippen molar-refractivity contribution in [3.05, 3.63) is 18.0 Å². The van der Waals surface area contributed by atoms with Crippen LogP contribution in [0.15, 0.2) is 12.3 Å². The maximum absolute atomic E-state index is 11.9. The Labute approximate surface area is 73.3 Å². The van der Waals surface area contributed by atoms with E-state index in [1.807, 2.05) is 0 Å². The number of nitrogens with zero attached hydrogens (tertiary/aromatic N) is 2. The molecule has 0 amide bonds. The maximum atomic E-state index is 11.9. The molecule has 1 rings (SSSR count). The minimum Gasteiger partial charge on any atom is -0.330 e. The third-order valence-electron chi connectivity index (χ3n) is 1.53. The van der Waals surface area contributed by atoms with Gasteiger partial charge in [-0.05, 0) is 12.6 Å². The molecule has 0 saturated carbocycles. The van der Waals surface area contributed by atoms with Crippen LogP contribution in [0.1, 0.15) is 5.69 Å². The summed E-state index contributed by atoms with van der Waals surface area (Å²) in [6.45, 7) is -0.723. The van der Waals surface area contributed by atoms with E-state index in [0.717, 1.165) is 4.68 Å². The summed E-state index contributed by atoms with van der Waals surface area (Å²) in [5, 5.41) is 3.56. The van der Waals surface area contributed by atoms with Crippen molar-refractivity contribution >= 4 is 0 Å². The Morgan fingerprint density at radius 3 is 2.69 bits per heavy atom. The molecule has 0 aliphatic heterocycles. The lowest BCUT2D eigenvalue weighted by Gasteiger charge is -2.09. The van der Waals surface area contributed by atoms with Crippen LogP contribution in [0.25, 0.3) is 0 Å². The highest BCUT2D eigenvalue weighted by Gasteiger charge is 2.29. The summed E-state index contributed by atoms with van der Waals surface area (Å²) in [5.41, 5.74) is 5.74. The van der Waals surface area contributed by atoms with Gasteiger partial charge in [0, 0.05) is 18.3 Å². The second kappa shape index (κ2) is 3.78. The number of rotatable bonds is 3. The molecule has 0 unspecified atom stereocenters. The third kappa shape index (κ3) is 3.06. The summed E-state index contributed by atoms with van der Waals surface area (Å²) >= 11 is 0. The molecule has 6 heteroatoms. The molecular weight excluding hydrogens is 183 g/mol. The third-order valence-corrected chi connectivity index (χ3v) is 1.53. The van der Waals surface area contributed by atoms with Gasteiger partial charge in [-0.3, -0.25) is 4.68 Å². The minimum atomic E-state index is -4.23. The van der Waals surface area contributed by atoms with Crippen molar-refractivity contribution in [3.8, 4) is 0 Å². The van der Waals surface area contributed by atoms with Crippen LogP contribution >= 0.6 is 0 Å². The molecule has 0 aromatic carbocycles. The van der Waals surface area contributed by atoms with E-state index >= 15 is 0 Å². The van der Waals surface area contributed by atoms with E-state index in [0.29, 0.717) is 18.7 Å². The molecule has 1 heterocycles. The highest BCUT2D eigenvalue weighted by Crippen LogP contribution is 2.17. The fourth-order valence-corrected chi connectivity index (χ4v) is 1.03. The lowest BCUT2D eigenvalue weighted by Crippen LogP contribution is -2.21. The number of halogens is 3. The van der Waals surface area contributed by atoms with Crippen molar-refractivity contribution < 1.29 is 13.2 Å². The van der Waals surface area contributed by atoms with Crippen molar-refractivity contribution in [2.75, 3.05) is 6.54 Å². The molecule has 2 N–H and O–H groups in total. The van der Waals surface area contributed by atoms with E-state index in [1.54, 1.807) is 6.07 Å². The van der Waals surface area contributed by atoms with E-state index in [-0.39, 0.29) is 0 Å². The molecule has 0 aliphatic carbocycles. The number of nitrogens with two attached hydrogens (primary N) is 1. The topological polar surface area (TPSA) is 43.8 Å². The first kappa shape index (κ1) is 10.0. The summed E-state index contributed by atoms with van der Waals surface area (Å²) in [5.74, 6) is 0. The van der Waals surface area contributed by atoms with Crippen molar-refractivity contribution in [1.82, 2.24) is 9.78 Å². The zero-order valence-electron chi connectivity index (χ0n) is 6.88. The zero-order chi connectivity index (χ0) is 9.90. The van der Waals surface area contributed by atoms with Gasteiger partial charge in [-0.1, -0.05) is 0 Å². The van der Waals surface area contributed by atoms with Crippen LogP contribution < -0.4 is 5.73 Å². The quantitative estimate of drug-likeness (QED) is 0.776. The fraction of sp³-hybridized carbons (Fsp3) is 0.571. The van der Waals surface area contributed by atoms with Crippen LogP contribution in [-0.4, -0.2) is 22.5 Å². The molecule has 1 aromatic heterocycles. The second-order valence-corrected chi connectivity index (χ2v) is 2.63. The molecule has 0 aliphatic rings. The fourth-order valence-electron chi connectivity index (χ4n) is 1.03. The molecule has 0 fully saturated rings. The van der Waals surface area contributed by atoms with E-state index in [9.17, 15) is 13.2 Å². The number of hydrogen-bond acceptors (Lipinski definition) is 2. The van der Waals surface area contributed by atoms with Gasteiger partial charge in [-0.25, -0.2) is 0 Å². The summed E-state index contributed by atoms with van der Waals surface area (Å²) in [7, 11) is 0. The van der Waals surface area contributed by atoms with Gasteiger partial charge < -0.3 is 5.73 Å². The SMILES string of the molecule is NCCc1ccnn1CC(F)(F)F. The van der Waals surface area contributed by atoms with Gasteiger partial charge in [0.05, 0.1) is 0 Å². The molecular formula is C7H10F3N3. The Balaban J connectivity index is 2.70. The van der Waals surface area contributed by atoms with Crippen molar-refractivity contribution in [2.45, 2.75) is 19.1 Å². The molecule has 0 atom stereocenters. The minimum absolute atomic E-state index is 0.323. The monoisotopic (exact) mass is 193 g/mol. The summed E-state index contributed by atoms with van der Waals surface area (Å²) in [4.78, 5) is 0. The van der Waals surface area contributed by atoms with E-state index in [4.69, 9.17) is 5.73 Å². The molecule has 1 aromatic rings. The summed E-state index contributed by atoms with van der Waals surface area (Å²) in [6, 6.07) is 1.54. The molecule has 0 spiro atoms. The molecule has 0 radical (unpaired) electrons. The van der Waals surface area contributed by atoms with E-state index in [2.05, 4.69) is 5.10 Å². The number of aromatic nitrogens is 2. The first-order chi connectivity index (χ1) is 6.03. The van der Waals surface area contributed by atoms with Gasteiger partial charge in [-0.15, -0.1) is 0 Å². The van der Waals surface area contributed by atoms with Crippen molar-refractivity contribution in [1.29, 1.82) is 0 Å². The predicted octanol–water partition coefficient (Wildman–Crippen LogP) is 0.947. The Morgan fingerprint density at radius 1 is 1.46 bits per heavy atom. The standard InChI is InChI=1S/C7H10F3N3/c8-7(9,10)5-13-6(1-3-11)2-4-12-13/h2,4H,1,3,5,11H2. The first-order valence-electron chi connectivity index (χ1n) is 3.80. The van der Waals surface area contributed by atoms with Crippen LogP contribution in [0.5, 0.6) is 0 Å². The van der Waals surface area contributed by atoms with Crippen LogP contribution in [0, 0.1) is 0 Å². The van der Waals surface area contributed by atoms with Crippen LogP contribution in [-0.2, 0) is 13.0 Å². The highest BCUT2D eigenvalue weighted by atomic mass is 19.4. The predicted molar refractivity (Wildman–Crippen MR) is 41.0 cm³/mol. The van der Waals surface area contributed by atoms with Gasteiger partial charge in [0.1, 0.15) is 6.54 Å². The maximum Gasteiger partial charge on any atom is 0.408 e. The van der Waals surface area contributed by atoms with Gasteiger partial charge in [0.25, 0.3) is 0 Å². The highest BCUT2D eigenvalue weighted by molar-refractivity contribution is 5.01. The van der Waals surface area contributed by atoms with E-state index < -0.39 is 12.7 Å². The Bertz CT molecular complexity index is 266. The Hall–Kier alpha value is -1.04. The van der Waals surface area contributed by atoms with Crippen molar-refractivity contribution in [3.63, 3.8) is 0 Å². The average molecular weight is 193 g/mol. The van der Waals surface area contributed by atoms with Crippen LogP contribution in [0.4, 0.5) is 13.2 Å². The normalized spacial score (nSPS) is 12.0. The van der Waals surface area contributed by atoms with Gasteiger partial charge in [-0.2, -0.15) is 18.3 Å². The van der Waals surface area contributed by atoms with Gasteiger partial charge in [0.2, 0.25) is 0 Å². The number of alkyl halides is 3. The molecule has 3 nitrogen and oxygen atoms in total. The Kier molecular flexibility index (Phi) is 2.92. The molecule has 0 saturated heterocycles. The first-order valence-corrected chi connectivity index (χ1v) is 3.80. The molecule has 13 heavy (non-hydrogen) atoms. The van der Waals surface area contributed by atoms with E-state index in [1.165, 1.54) is 6.20 Å². The summed E-state index contributed by atoms with van der Waals surface area (Å²) in [6.07, 6.45) is -2.47. The second-order valence-electron chi connectivity index (χ2n) is 2.63. The lowest BCUT2D eigenvalue weighted by atomic mass is 10.3. The lowest BCUT2D eigenvalue weighted by molar-refractivity contribution is -0.143. The number of hydrogen-bond donors (Lipinski definition) is 1. The zero-order valence-corrected chi connectivity index (χ0v) is 6.88. The van der Waals surface area contributed by atoms with Crippen LogP contribution in [0.2, 0.25) is 0 Å². The summed E-state index contributed by atoms with van der Waals surface area (Å²) < 4.78 is 36.8.